The Morgan fingerprint density at radius 2 is 1.78 bits per heavy atom. The van der Waals surface area contributed by atoms with Gasteiger partial charge < -0.3 is 5.32 Å². The van der Waals surface area contributed by atoms with Gasteiger partial charge in [-0.15, -0.1) is 11.3 Å². The summed E-state index contributed by atoms with van der Waals surface area (Å²) >= 11 is 1.64. The zero-order valence-electron chi connectivity index (χ0n) is 14.6. The van der Waals surface area contributed by atoms with Crippen molar-refractivity contribution in [2.45, 2.75) is 31.9 Å². The van der Waals surface area contributed by atoms with Crippen molar-refractivity contribution >= 4 is 27.5 Å². The number of nitrogens with zero attached hydrogens (tertiary/aromatic N) is 1. The topological polar surface area (TPSA) is 42.0 Å². The van der Waals surface area contributed by atoms with E-state index in [1.807, 2.05) is 24.3 Å². The molecule has 0 spiro atoms. The number of amides is 1. The zero-order valence-corrected chi connectivity index (χ0v) is 15.4. The Morgan fingerprint density at radius 1 is 1.04 bits per heavy atom. The van der Waals surface area contributed by atoms with Crippen LogP contribution in [0.3, 0.4) is 0 Å². The summed E-state index contributed by atoms with van der Waals surface area (Å²) in [4.78, 5) is 16.4. The van der Waals surface area contributed by atoms with E-state index < -0.39 is 11.7 Å². The highest BCUT2D eigenvalue weighted by Crippen LogP contribution is 2.29. The number of benzene rings is 2. The molecule has 0 aliphatic rings. The van der Waals surface area contributed by atoms with Crippen molar-refractivity contribution in [2.24, 2.45) is 0 Å². The lowest BCUT2D eigenvalue weighted by molar-refractivity contribution is -0.137. The number of aryl methyl sites for hydroxylation is 1. The van der Waals surface area contributed by atoms with E-state index in [2.05, 4.69) is 10.3 Å². The molecule has 27 heavy (non-hydrogen) atoms. The number of alkyl halides is 3. The predicted octanol–water partition coefficient (Wildman–Crippen LogP) is 5.00. The fourth-order valence-corrected chi connectivity index (χ4v) is 3.73. The Morgan fingerprint density at radius 3 is 2.48 bits per heavy atom. The predicted molar refractivity (Wildman–Crippen MR) is 101 cm³/mol. The van der Waals surface area contributed by atoms with Gasteiger partial charge in [0.05, 0.1) is 20.8 Å². The minimum absolute atomic E-state index is 0.0528. The molecule has 0 fully saturated rings. The molecule has 1 N–H and O–H groups in total. The van der Waals surface area contributed by atoms with Gasteiger partial charge in [-0.1, -0.05) is 24.3 Å². The van der Waals surface area contributed by atoms with Crippen molar-refractivity contribution in [1.82, 2.24) is 10.3 Å². The third-order valence-electron chi connectivity index (χ3n) is 4.15. The van der Waals surface area contributed by atoms with E-state index in [-0.39, 0.29) is 5.91 Å². The van der Waals surface area contributed by atoms with E-state index in [1.54, 1.807) is 11.3 Å². The molecule has 1 amide bonds. The number of para-hydroxylation sites is 1. The minimum atomic E-state index is -4.32. The molecule has 7 heteroatoms. The molecule has 1 aromatic heterocycles. The summed E-state index contributed by atoms with van der Waals surface area (Å²) in [5.74, 6) is -0.0528. The zero-order chi connectivity index (χ0) is 19.3. The Balaban J connectivity index is 1.37. The molecule has 2 aromatic carbocycles. The van der Waals surface area contributed by atoms with Gasteiger partial charge in [-0.2, -0.15) is 13.2 Å². The van der Waals surface area contributed by atoms with Gasteiger partial charge in [0.15, 0.2) is 0 Å². The molecular formula is C20H19F3N2OS. The van der Waals surface area contributed by atoms with Gasteiger partial charge in [0.2, 0.25) is 5.91 Å². The first-order chi connectivity index (χ1) is 12.9. The van der Waals surface area contributed by atoms with Crippen molar-refractivity contribution in [2.75, 3.05) is 6.54 Å². The Bertz CT molecular complexity index is 870. The summed E-state index contributed by atoms with van der Waals surface area (Å²) < 4.78 is 38.7. The number of halogens is 3. The first-order valence-electron chi connectivity index (χ1n) is 8.69. The monoisotopic (exact) mass is 392 g/mol. The highest BCUT2D eigenvalue weighted by atomic mass is 32.1. The summed E-state index contributed by atoms with van der Waals surface area (Å²) in [7, 11) is 0. The number of carbonyl (C=O) groups excluding carboxylic acids is 1. The number of hydrogen-bond acceptors (Lipinski definition) is 3. The minimum Gasteiger partial charge on any atom is -0.356 e. The average Bonchev–Trinajstić information content (AvgIpc) is 3.04. The van der Waals surface area contributed by atoms with Crippen LogP contribution in [0.1, 0.15) is 29.0 Å². The quantitative estimate of drug-likeness (QED) is 0.615. The SMILES string of the molecule is O=C(CCCc1nc2ccccc2s1)NCCc1ccc(C(F)(F)F)cc1. The van der Waals surface area contributed by atoms with Gasteiger partial charge in [0.25, 0.3) is 0 Å². The van der Waals surface area contributed by atoms with E-state index in [0.717, 1.165) is 39.3 Å². The fourth-order valence-electron chi connectivity index (χ4n) is 2.72. The summed E-state index contributed by atoms with van der Waals surface area (Å²) in [6.45, 7) is 0.408. The van der Waals surface area contributed by atoms with Crippen LogP contribution in [0.5, 0.6) is 0 Å². The molecular weight excluding hydrogens is 373 g/mol. The summed E-state index contributed by atoms with van der Waals surface area (Å²) in [5, 5.41) is 3.83. The molecule has 3 nitrogen and oxygen atoms in total. The molecule has 3 rings (SSSR count). The summed E-state index contributed by atoms with van der Waals surface area (Å²) in [5.41, 5.74) is 1.08. The maximum atomic E-state index is 12.5. The highest BCUT2D eigenvalue weighted by Gasteiger charge is 2.29. The number of rotatable bonds is 7. The maximum Gasteiger partial charge on any atom is 0.416 e. The van der Waals surface area contributed by atoms with Gasteiger partial charge in [-0.25, -0.2) is 4.98 Å². The molecule has 0 unspecified atom stereocenters. The van der Waals surface area contributed by atoms with Gasteiger partial charge in [0.1, 0.15) is 0 Å². The van der Waals surface area contributed by atoms with Crippen LogP contribution in [-0.2, 0) is 23.8 Å². The number of thiazole rings is 1. The second kappa shape index (κ2) is 8.52. The molecule has 0 radical (unpaired) electrons. The van der Waals surface area contributed by atoms with Crippen LogP contribution in [0.25, 0.3) is 10.2 Å². The maximum absolute atomic E-state index is 12.5. The lowest BCUT2D eigenvalue weighted by Crippen LogP contribution is -2.25. The molecule has 0 bridgehead atoms. The molecule has 0 aliphatic carbocycles. The molecule has 3 aromatic rings. The largest absolute Gasteiger partial charge is 0.416 e. The third kappa shape index (κ3) is 5.53. The van der Waals surface area contributed by atoms with E-state index in [4.69, 9.17) is 0 Å². The molecule has 0 atom stereocenters. The van der Waals surface area contributed by atoms with Crippen LogP contribution < -0.4 is 5.32 Å². The Hall–Kier alpha value is -2.41. The number of fused-ring (bicyclic) bond motifs is 1. The van der Waals surface area contributed by atoms with E-state index in [1.165, 1.54) is 12.1 Å². The van der Waals surface area contributed by atoms with Crippen LogP contribution in [0, 0.1) is 0 Å². The van der Waals surface area contributed by atoms with Gasteiger partial charge in [-0.3, -0.25) is 4.79 Å². The smallest absolute Gasteiger partial charge is 0.356 e. The van der Waals surface area contributed by atoms with E-state index in [0.29, 0.717) is 25.8 Å². The number of aromatic nitrogens is 1. The fraction of sp³-hybridized carbons (Fsp3) is 0.300. The van der Waals surface area contributed by atoms with Crippen molar-refractivity contribution in [3.63, 3.8) is 0 Å². The normalized spacial score (nSPS) is 11.7. The first-order valence-corrected chi connectivity index (χ1v) is 9.51. The Labute approximate surface area is 159 Å². The second-order valence-electron chi connectivity index (χ2n) is 6.22. The molecule has 0 aliphatic heterocycles. The van der Waals surface area contributed by atoms with Crippen molar-refractivity contribution < 1.29 is 18.0 Å². The van der Waals surface area contributed by atoms with Gasteiger partial charge in [0, 0.05) is 13.0 Å². The molecule has 0 saturated carbocycles. The lowest BCUT2D eigenvalue weighted by Gasteiger charge is -2.08. The van der Waals surface area contributed by atoms with Crippen LogP contribution >= 0.6 is 11.3 Å². The first kappa shape index (κ1) is 19.4. The molecule has 1 heterocycles. The highest BCUT2D eigenvalue weighted by molar-refractivity contribution is 7.18. The average molecular weight is 392 g/mol. The van der Waals surface area contributed by atoms with Crippen molar-refractivity contribution in [3.05, 3.63) is 64.7 Å². The van der Waals surface area contributed by atoms with Crippen LogP contribution in [0.15, 0.2) is 48.5 Å². The number of nitrogens with one attached hydrogen (secondary N) is 1. The lowest BCUT2D eigenvalue weighted by atomic mass is 10.1. The summed E-state index contributed by atoms with van der Waals surface area (Å²) in [6, 6.07) is 13.0. The number of carbonyl (C=O) groups is 1. The van der Waals surface area contributed by atoms with Crippen LogP contribution in [0.4, 0.5) is 13.2 Å². The van der Waals surface area contributed by atoms with Crippen molar-refractivity contribution in [1.29, 1.82) is 0 Å². The standard InChI is InChI=1S/C20H19F3N2OS/c21-20(22,23)15-10-8-14(9-11-15)12-13-24-18(26)6-3-7-19-25-16-4-1-2-5-17(16)27-19/h1-2,4-5,8-11H,3,6-7,12-13H2,(H,24,26). The molecule has 142 valence electrons. The third-order valence-corrected chi connectivity index (χ3v) is 5.25. The molecule has 0 saturated heterocycles. The van der Waals surface area contributed by atoms with Gasteiger partial charge in [-0.05, 0) is 49.1 Å². The van der Waals surface area contributed by atoms with E-state index >= 15 is 0 Å². The van der Waals surface area contributed by atoms with Gasteiger partial charge >= 0.3 is 6.18 Å². The van der Waals surface area contributed by atoms with Crippen LogP contribution in [-0.4, -0.2) is 17.4 Å². The number of hydrogen-bond donors (Lipinski definition) is 1. The summed E-state index contributed by atoms with van der Waals surface area (Å²) in [6.07, 6.45) is -1.95. The second-order valence-corrected chi connectivity index (χ2v) is 7.34. The Kier molecular flexibility index (Phi) is 6.11. The van der Waals surface area contributed by atoms with Crippen molar-refractivity contribution in [3.8, 4) is 0 Å². The van der Waals surface area contributed by atoms with Crippen LogP contribution in [0.2, 0.25) is 0 Å². The van der Waals surface area contributed by atoms with E-state index in [9.17, 15) is 18.0 Å².